The smallest absolute Gasteiger partial charge is 0.255 e. The van der Waals surface area contributed by atoms with Crippen molar-refractivity contribution >= 4 is 22.7 Å². The van der Waals surface area contributed by atoms with Gasteiger partial charge >= 0.3 is 0 Å². The number of aromatic nitrogens is 2. The van der Waals surface area contributed by atoms with Crippen molar-refractivity contribution in [1.82, 2.24) is 9.97 Å². The van der Waals surface area contributed by atoms with Gasteiger partial charge in [-0.1, -0.05) is 6.07 Å². The molecule has 2 aromatic heterocycles. The number of hydrogen-bond donors (Lipinski definition) is 1. The van der Waals surface area contributed by atoms with E-state index >= 15 is 0 Å². The molecule has 4 aromatic rings. The highest BCUT2D eigenvalue weighted by atomic mass is 16.5. The summed E-state index contributed by atoms with van der Waals surface area (Å²) in [5.41, 5.74) is 3.32. The third-order valence-electron chi connectivity index (χ3n) is 3.98. The Balaban J connectivity index is 1.57. The van der Waals surface area contributed by atoms with Gasteiger partial charge in [0.15, 0.2) is 5.58 Å². The summed E-state index contributed by atoms with van der Waals surface area (Å²) in [6.07, 6.45) is 3.37. The first-order chi connectivity index (χ1) is 13.2. The molecule has 0 fully saturated rings. The van der Waals surface area contributed by atoms with Gasteiger partial charge in [-0.25, -0.2) is 4.98 Å². The molecular weight excluding hydrogens is 342 g/mol. The van der Waals surface area contributed by atoms with Crippen LogP contribution in [0.25, 0.3) is 22.6 Å². The Bertz CT molecular complexity index is 1090. The molecule has 0 saturated heterocycles. The zero-order valence-electron chi connectivity index (χ0n) is 14.7. The van der Waals surface area contributed by atoms with E-state index in [1.165, 1.54) is 0 Å². The molecule has 4 rings (SSSR count). The third kappa shape index (κ3) is 3.64. The predicted molar refractivity (Wildman–Crippen MR) is 103 cm³/mol. The summed E-state index contributed by atoms with van der Waals surface area (Å²) >= 11 is 0. The molecule has 134 valence electrons. The fraction of sp³-hybridized carbons (Fsp3) is 0.0952. The summed E-state index contributed by atoms with van der Waals surface area (Å²) < 4.78 is 11.3. The fourth-order valence-corrected chi connectivity index (χ4v) is 2.72. The fourth-order valence-electron chi connectivity index (χ4n) is 2.72. The number of benzene rings is 2. The second kappa shape index (κ2) is 7.29. The van der Waals surface area contributed by atoms with Gasteiger partial charge in [0.25, 0.3) is 5.91 Å². The summed E-state index contributed by atoms with van der Waals surface area (Å²) in [7, 11) is 0. The molecule has 0 radical (unpaired) electrons. The van der Waals surface area contributed by atoms with Crippen LogP contribution in [0.3, 0.4) is 0 Å². The van der Waals surface area contributed by atoms with E-state index in [1.807, 2.05) is 31.2 Å². The molecule has 0 unspecified atom stereocenters. The van der Waals surface area contributed by atoms with E-state index in [1.54, 1.807) is 42.7 Å². The normalized spacial score (nSPS) is 10.7. The number of amides is 1. The second-order valence-electron chi connectivity index (χ2n) is 5.85. The lowest BCUT2D eigenvalue weighted by Gasteiger charge is -2.07. The maximum atomic E-state index is 12.5. The Morgan fingerprint density at radius 3 is 2.78 bits per heavy atom. The van der Waals surface area contributed by atoms with Crippen LogP contribution in [0.15, 0.2) is 71.4 Å². The third-order valence-corrected chi connectivity index (χ3v) is 3.98. The zero-order valence-corrected chi connectivity index (χ0v) is 14.7. The predicted octanol–water partition coefficient (Wildman–Crippen LogP) is 4.54. The molecule has 1 amide bonds. The molecule has 0 saturated carbocycles. The number of anilines is 1. The highest BCUT2D eigenvalue weighted by Crippen LogP contribution is 2.26. The number of oxazole rings is 1. The van der Waals surface area contributed by atoms with Crippen LogP contribution in [0.1, 0.15) is 17.3 Å². The Kier molecular flexibility index (Phi) is 4.53. The SMILES string of the molecule is CCOc1cccc(C(=O)Nc2ccc3nc(-c4ccncc4)oc3c2)c1. The lowest BCUT2D eigenvalue weighted by atomic mass is 10.2. The van der Waals surface area contributed by atoms with Crippen LogP contribution in [-0.2, 0) is 0 Å². The van der Waals surface area contributed by atoms with Crippen LogP contribution in [0, 0.1) is 0 Å². The number of carbonyl (C=O) groups excluding carboxylic acids is 1. The monoisotopic (exact) mass is 359 g/mol. The van der Waals surface area contributed by atoms with E-state index in [4.69, 9.17) is 9.15 Å². The van der Waals surface area contributed by atoms with Crippen molar-refractivity contribution in [2.45, 2.75) is 6.92 Å². The van der Waals surface area contributed by atoms with Crippen molar-refractivity contribution in [3.05, 3.63) is 72.6 Å². The van der Waals surface area contributed by atoms with Gasteiger partial charge in [0.05, 0.1) is 6.61 Å². The molecule has 2 heterocycles. The van der Waals surface area contributed by atoms with Crippen molar-refractivity contribution in [3.8, 4) is 17.2 Å². The van der Waals surface area contributed by atoms with Crippen molar-refractivity contribution in [3.63, 3.8) is 0 Å². The molecule has 0 aliphatic rings. The first-order valence-electron chi connectivity index (χ1n) is 8.58. The number of nitrogens with zero attached hydrogens (tertiary/aromatic N) is 2. The average Bonchev–Trinajstić information content (AvgIpc) is 3.12. The Labute approximate surface area is 155 Å². The van der Waals surface area contributed by atoms with Crippen LogP contribution >= 0.6 is 0 Å². The molecule has 0 aliphatic carbocycles. The average molecular weight is 359 g/mol. The van der Waals surface area contributed by atoms with Gasteiger partial charge in [0.2, 0.25) is 5.89 Å². The standard InChI is InChI=1S/C21H17N3O3/c1-2-26-17-5-3-4-15(12-17)20(25)23-16-6-7-18-19(13-16)27-21(24-18)14-8-10-22-11-9-14/h3-13H,2H2,1H3,(H,23,25). The van der Waals surface area contributed by atoms with E-state index < -0.39 is 0 Å². The van der Waals surface area contributed by atoms with Gasteiger partial charge in [-0.15, -0.1) is 0 Å². The van der Waals surface area contributed by atoms with Crippen molar-refractivity contribution in [1.29, 1.82) is 0 Å². The van der Waals surface area contributed by atoms with Crippen molar-refractivity contribution < 1.29 is 13.9 Å². The molecule has 27 heavy (non-hydrogen) atoms. The van der Waals surface area contributed by atoms with Gasteiger partial charge in [-0.2, -0.15) is 0 Å². The molecule has 0 spiro atoms. The minimum Gasteiger partial charge on any atom is -0.494 e. The zero-order chi connectivity index (χ0) is 18.6. The molecule has 2 aromatic carbocycles. The van der Waals surface area contributed by atoms with Crippen molar-refractivity contribution in [2.75, 3.05) is 11.9 Å². The van der Waals surface area contributed by atoms with Crippen LogP contribution in [-0.4, -0.2) is 22.5 Å². The highest BCUT2D eigenvalue weighted by Gasteiger charge is 2.11. The summed E-state index contributed by atoms with van der Waals surface area (Å²) in [6.45, 7) is 2.45. The minimum atomic E-state index is -0.218. The molecule has 6 nitrogen and oxygen atoms in total. The topological polar surface area (TPSA) is 77.2 Å². The number of hydrogen-bond acceptors (Lipinski definition) is 5. The molecule has 6 heteroatoms. The van der Waals surface area contributed by atoms with E-state index in [-0.39, 0.29) is 5.91 Å². The van der Waals surface area contributed by atoms with Gasteiger partial charge in [-0.05, 0) is 49.4 Å². The molecular formula is C21H17N3O3. The molecule has 0 aliphatic heterocycles. The van der Waals surface area contributed by atoms with Gasteiger partial charge < -0.3 is 14.5 Å². The maximum Gasteiger partial charge on any atom is 0.255 e. The minimum absolute atomic E-state index is 0.218. The first-order valence-corrected chi connectivity index (χ1v) is 8.58. The van der Waals surface area contributed by atoms with Crippen LogP contribution in [0.2, 0.25) is 0 Å². The van der Waals surface area contributed by atoms with E-state index in [9.17, 15) is 4.79 Å². The number of fused-ring (bicyclic) bond motifs is 1. The van der Waals surface area contributed by atoms with E-state index in [0.717, 1.165) is 11.1 Å². The highest BCUT2D eigenvalue weighted by molar-refractivity contribution is 6.05. The Hall–Kier alpha value is -3.67. The number of carbonyl (C=O) groups is 1. The van der Waals surface area contributed by atoms with Crippen LogP contribution in [0.5, 0.6) is 5.75 Å². The van der Waals surface area contributed by atoms with E-state index in [0.29, 0.717) is 35.1 Å². The number of rotatable bonds is 5. The van der Waals surface area contributed by atoms with E-state index in [2.05, 4.69) is 15.3 Å². The summed E-state index contributed by atoms with van der Waals surface area (Å²) in [5.74, 6) is 0.961. The number of nitrogens with one attached hydrogen (secondary N) is 1. The Morgan fingerprint density at radius 1 is 1.11 bits per heavy atom. The molecule has 0 atom stereocenters. The summed E-state index contributed by atoms with van der Waals surface area (Å²) in [6, 6.07) is 16.1. The van der Waals surface area contributed by atoms with Crippen molar-refractivity contribution in [2.24, 2.45) is 0 Å². The largest absolute Gasteiger partial charge is 0.494 e. The van der Waals surface area contributed by atoms with Gasteiger partial charge in [0.1, 0.15) is 11.3 Å². The summed E-state index contributed by atoms with van der Waals surface area (Å²) in [4.78, 5) is 21.0. The lowest BCUT2D eigenvalue weighted by Crippen LogP contribution is -2.11. The molecule has 0 bridgehead atoms. The second-order valence-corrected chi connectivity index (χ2v) is 5.85. The quantitative estimate of drug-likeness (QED) is 0.566. The lowest BCUT2D eigenvalue weighted by molar-refractivity contribution is 0.102. The van der Waals surface area contributed by atoms with Gasteiger partial charge in [-0.3, -0.25) is 9.78 Å². The maximum absolute atomic E-state index is 12.5. The van der Waals surface area contributed by atoms with Crippen LogP contribution in [0.4, 0.5) is 5.69 Å². The molecule has 1 N–H and O–H groups in total. The number of pyridine rings is 1. The van der Waals surface area contributed by atoms with Crippen LogP contribution < -0.4 is 10.1 Å². The van der Waals surface area contributed by atoms with Gasteiger partial charge in [0, 0.05) is 35.3 Å². The number of ether oxygens (including phenoxy) is 1. The summed E-state index contributed by atoms with van der Waals surface area (Å²) in [5, 5.41) is 2.88. The first kappa shape index (κ1) is 16.8. The Morgan fingerprint density at radius 2 is 1.96 bits per heavy atom.